The predicted molar refractivity (Wildman–Crippen MR) is 104 cm³/mol. The average molecular weight is 407 g/mol. The molecule has 2 aromatic rings. The molecule has 2 fully saturated rings. The van der Waals surface area contributed by atoms with Crippen LogP contribution in [0.4, 0.5) is 5.69 Å². The number of amides is 1. The largest absolute Gasteiger partial charge is 0.376 e. The van der Waals surface area contributed by atoms with Gasteiger partial charge in [0.2, 0.25) is 5.91 Å². The maximum atomic E-state index is 12.7. The fourth-order valence-corrected chi connectivity index (χ4v) is 5.48. The summed E-state index contributed by atoms with van der Waals surface area (Å²) in [5.41, 5.74) is 0.929. The van der Waals surface area contributed by atoms with Crippen molar-refractivity contribution in [2.24, 2.45) is 0 Å². The lowest BCUT2D eigenvalue weighted by Crippen LogP contribution is -2.39. The van der Waals surface area contributed by atoms with Crippen LogP contribution in [0.1, 0.15) is 31.2 Å². The second-order valence-corrected chi connectivity index (χ2v) is 9.90. The molecule has 1 unspecified atom stereocenters. The molecule has 2 aliphatic rings. The Labute approximate surface area is 163 Å². The third kappa shape index (κ3) is 3.88. The number of nitrogens with one attached hydrogen (secondary N) is 2. The lowest BCUT2D eigenvalue weighted by molar-refractivity contribution is -0.124. The number of thiophene rings is 1. The van der Waals surface area contributed by atoms with E-state index in [2.05, 4.69) is 10.0 Å². The highest BCUT2D eigenvalue weighted by atomic mass is 32.2. The summed E-state index contributed by atoms with van der Waals surface area (Å²) in [6.07, 6.45) is 3.79. The van der Waals surface area contributed by atoms with E-state index in [1.807, 2.05) is 12.1 Å². The van der Waals surface area contributed by atoms with Crippen LogP contribution < -0.4 is 10.0 Å². The summed E-state index contributed by atoms with van der Waals surface area (Å²) in [6, 6.07) is 10.4. The molecule has 1 aromatic carbocycles. The minimum Gasteiger partial charge on any atom is -0.376 e. The number of benzene rings is 1. The highest BCUT2D eigenvalue weighted by Crippen LogP contribution is 2.48. The second kappa shape index (κ2) is 7.26. The SMILES string of the molecule is O=C(NCC1CCCO1)C1(c2ccc(NS(=O)(=O)c3cccs3)cc2)CC1. The van der Waals surface area contributed by atoms with Crippen LogP contribution in [0.3, 0.4) is 0 Å². The number of sulfonamides is 1. The van der Waals surface area contributed by atoms with Gasteiger partial charge in [-0.2, -0.15) is 0 Å². The summed E-state index contributed by atoms with van der Waals surface area (Å²) in [5.74, 6) is 0.0323. The van der Waals surface area contributed by atoms with E-state index in [1.165, 1.54) is 11.3 Å². The molecule has 27 heavy (non-hydrogen) atoms. The Morgan fingerprint density at radius 1 is 1.22 bits per heavy atom. The normalized spacial score (nSPS) is 21.0. The van der Waals surface area contributed by atoms with Crippen molar-refractivity contribution in [1.82, 2.24) is 5.32 Å². The van der Waals surface area contributed by atoms with E-state index in [1.54, 1.807) is 29.6 Å². The lowest BCUT2D eigenvalue weighted by Gasteiger charge is -2.18. The van der Waals surface area contributed by atoms with Crippen LogP contribution in [0.15, 0.2) is 46.0 Å². The third-order valence-corrected chi connectivity index (χ3v) is 7.93. The van der Waals surface area contributed by atoms with Gasteiger partial charge < -0.3 is 10.1 Å². The van der Waals surface area contributed by atoms with Gasteiger partial charge in [-0.05, 0) is 54.8 Å². The Morgan fingerprint density at radius 3 is 2.59 bits per heavy atom. The van der Waals surface area contributed by atoms with Crippen molar-refractivity contribution >= 4 is 33.0 Å². The average Bonchev–Trinajstić information content (AvgIpc) is 3.07. The molecule has 1 amide bonds. The smallest absolute Gasteiger partial charge is 0.271 e. The Balaban J connectivity index is 1.41. The Bertz CT molecular complexity index is 898. The van der Waals surface area contributed by atoms with Crippen LogP contribution in [0.2, 0.25) is 0 Å². The van der Waals surface area contributed by atoms with E-state index in [4.69, 9.17) is 4.74 Å². The second-order valence-electron chi connectivity index (χ2n) is 7.04. The summed E-state index contributed by atoms with van der Waals surface area (Å²) in [7, 11) is -3.56. The first-order valence-corrected chi connectivity index (χ1v) is 11.4. The number of hydrogen-bond acceptors (Lipinski definition) is 5. The zero-order valence-corrected chi connectivity index (χ0v) is 16.4. The zero-order valence-electron chi connectivity index (χ0n) is 14.8. The van der Waals surface area contributed by atoms with Crippen LogP contribution in [0.25, 0.3) is 0 Å². The summed E-state index contributed by atoms with van der Waals surface area (Å²) < 4.78 is 33.0. The lowest BCUT2D eigenvalue weighted by atomic mass is 9.94. The minimum absolute atomic E-state index is 0.0323. The molecule has 1 aliphatic carbocycles. The molecule has 2 heterocycles. The molecule has 6 nitrogen and oxygen atoms in total. The maximum Gasteiger partial charge on any atom is 0.271 e. The van der Waals surface area contributed by atoms with Gasteiger partial charge >= 0.3 is 0 Å². The van der Waals surface area contributed by atoms with Crippen LogP contribution in [-0.4, -0.2) is 33.6 Å². The predicted octanol–water partition coefficient (Wildman–Crippen LogP) is 2.88. The maximum absolute atomic E-state index is 12.7. The van der Waals surface area contributed by atoms with Gasteiger partial charge in [0.1, 0.15) is 4.21 Å². The quantitative estimate of drug-likeness (QED) is 0.741. The van der Waals surface area contributed by atoms with Gasteiger partial charge in [-0.1, -0.05) is 18.2 Å². The van der Waals surface area contributed by atoms with Gasteiger partial charge in [-0.15, -0.1) is 11.3 Å². The van der Waals surface area contributed by atoms with Gasteiger partial charge in [0, 0.05) is 18.8 Å². The van der Waals surface area contributed by atoms with Crippen LogP contribution in [0, 0.1) is 0 Å². The first-order valence-electron chi connectivity index (χ1n) is 9.06. The van der Waals surface area contributed by atoms with Gasteiger partial charge in [-0.25, -0.2) is 8.42 Å². The number of rotatable bonds is 7. The van der Waals surface area contributed by atoms with E-state index in [0.29, 0.717) is 12.2 Å². The summed E-state index contributed by atoms with van der Waals surface area (Å²) in [6.45, 7) is 1.33. The van der Waals surface area contributed by atoms with Gasteiger partial charge in [0.15, 0.2) is 0 Å². The molecule has 1 aromatic heterocycles. The minimum atomic E-state index is -3.56. The number of anilines is 1. The molecule has 8 heteroatoms. The molecule has 1 saturated carbocycles. The molecule has 0 bridgehead atoms. The topological polar surface area (TPSA) is 84.5 Å². The molecule has 4 rings (SSSR count). The van der Waals surface area contributed by atoms with E-state index in [-0.39, 0.29) is 16.2 Å². The van der Waals surface area contributed by atoms with Crippen LogP contribution in [-0.2, 0) is 25.0 Å². The van der Waals surface area contributed by atoms with Crippen molar-refractivity contribution in [3.63, 3.8) is 0 Å². The van der Waals surface area contributed by atoms with Gasteiger partial charge in [0.25, 0.3) is 10.0 Å². The van der Waals surface area contributed by atoms with E-state index >= 15 is 0 Å². The van der Waals surface area contributed by atoms with Crippen molar-refractivity contribution in [1.29, 1.82) is 0 Å². The molecular formula is C19H22N2O4S2. The van der Waals surface area contributed by atoms with E-state index in [9.17, 15) is 13.2 Å². The standard InChI is InChI=1S/C19H22N2O4S2/c22-18(20-13-16-3-1-11-25-16)19(9-10-19)14-5-7-15(8-6-14)21-27(23,24)17-4-2-12-26-17/h2,4-8,12,16,21H,1,3,9-11,13H2,(H,20,22). The highest BCUT2D eigenvalue weighted by molar-refractivity contribution is 7.94. The highest BCUT2D eigenvalue weighted by Gasteiger charge is 2.51. The van der Waals surface area contributed by atoms with Crippen molar-refractivity contribution in [3.05, 3.63) is 47.3 Å². The number of carbonyl (C=O) groups excluding carboxylic acids is 1. The molecule has 2 N–H and O–H groups in total. The van der Waals surface area contributed by atoms with Crippen LogP contribution >= 0.6 is 11.3 Å². The summed E-state index contributed by atoms with van der Waals surface area (Å²) in [5, 5.41) is 4.75. The fourth-order valence-electron chi connectivity index (χ4n) is 3.43. The summed E-state index contributed by atoms with van der Waals surface area (Å²) >= 11 is 1.17. The molecule has 144 valence electrons. The van der Waals surface area contributed by atoms with Gasteiger partial charge in [-0.3, -0.25) is 9.52 Å². The first kappa shape index (κ1) is 18.5. The molecule has 1 saturated heterocycles. The monoisotopic (exact) mass is 406 g/mol. The summed E-state index contributed by atoms with van der Waals surface area (Å²) in [4.78, 5) is 12.7. The van der Waals surface area contributed by atoms with Crippen molar-refractivity contribution in [2.75, 3.05) is 17.9 Å². The number of carbonyl (C=O) groups is 1. The van der Waals surface area contributed by atoms with E-state index < -0.39 is 15.4 Å². The van der Waals surface area contributed by atoms with Crippen LogP contribution in [0.5, 0.6) is 0 Å². The Kier molecular flexibility index (Phi) is 4.96. The fraction of sp³-hybridized carbons (Fsp3) is 0.421. The molecule has 0 spiro atoms. The van der Waals surface area contributed by atoms with Crippen molar-refractivity contribution in [2.45, 2.75) is 41.4 Å². The number of hydrogen-bond donors (Lipinski definition) is 2. The third-order valence-electron chi connectivity index (χ3n) is 5.15. The van der Waals surface area contributed by atoms with Gasteiger partial charge in [0.05, 0.1) is 11.5 Å². The first-order chi connectivity index (χ1) is 13.0. The van der Waals surface area contributed by atoms with Crippen molar-refractivity contribution in [3.8, 4) is 0 Å². The molecule has 0 radical (unpaired) electrons. The zero-order chi connectivity index (χ0) is 18.9. The molecular weight excluding hydrogens is 384 g/mol. The Morgan fingerprint density at radius 2 is 2.00 bits per heavy atom. The molecule has 1 aliphatic heterocycles. The van der Waals surface area contributed by atoms with E-state index in [0.717, 1.165) is 37.9 Å². The Hall–Kier alpha value is -1.90. The molecule has 1 atom stereocenters. The van der Waals surface area contributed by atoms with Crippen molar-refractivity contribution < 1.29 is 17.9 Å². The number of ether oxygens (including phenoxy) is 1.